The van der Waals surface area contributed by atoms with Crippen molar-refractivity contribution in [1.82, 2.24) is 19.9 Å². The van der Waals surface area contributed by atoms with Gasteiger partial charge in [-0.25, -0.2) is 9.37 Å². The first kappa shape index (κ1) is 22.9. The van der Waals surface area contributed by atoms with Crippen LogP contribution in [0.3, 0.4) is 0 Å². The maximum atomic E-state index is 14.7. The Labute approximate surface area is 185 Å². The molecule has 7 nitrogen and oxygen atoms in total. The summed E-state index contributed by atoms with van der Waals surface area (Å²) in [6.07, 6.45) is 1.46. The van der Waals surface area contributed by atoms with Gasteiger partial charge >= 0.3 is 0 Å². The number of aromatic nitrogens is 3. The highest BCUT2D eigenvalue weighted by Crippen LogP contribution is 2.30. The van der Waals surface area contributed by atoms with Crippen LogP contribution in [0.2, 0.25) is 0 Å². The van der Waals surface area contributed by atoms with Gasteiger partial charge in [-0.1, -0.05) is 46.4 Å². The number of pyridine rings is 1. The monoisotopic (exact) mass is 443 g/mol. The van der Waals surface area contributed by atoms with E-state index in [-0.39, 0.29) is 29.0 Å². The number of hydrogen-bond acceptors (Lipinski definition) is 6. The summed E-state index contributed by atoms with van der Waals surface area (Å²) >= 11 is 1.39. The third-order valence-electron chi connectivity index (χ3n) is 5.05. The van der Waals surface area contributed by atoms with Gasteiger partial charge in [0.1, 0.15) is 17.4 Å². The van der Waals surface area contributed by atoms with Gasteiger partial charge < -0.3 is 5.32 Å². The Hall–Kier alpha value is -2.73. The molecule has 3 rings (SSSR count). The first-order chi connectivity index (χ1) is 14.5. The minimum atomic E-state index is -0.498. The Morgan fingerprint density at radius 1 is 1.45 bits per heavy atom. The molecule has 1 aliphatic heterocycles. The summed E-state index contributed by atoms with van der Waals surface area (Å²) in [6.45, 7) is 10.0. The molecule has 1 atom stereocenters. The number of halogens is 1. The van der Waals surface area contributed by atoms with Crippen LogP contribution in [0, 0.1) is 29.0 Å². The molecule has 0 aliphatic carbocycles. The topological polar surface area (TPSA) is 101 Å². The smallest absolute Gasteiger partial charge is 0.272 e. The average Bonchev–Trinajstić information content (AvgIpc) is 2.70. The number of rotatable bonds is 4. The number of nitrogens with one attached hydrogen (secondary N) is 1. The molecule has 164 valence electrons. The van der Waals surface area contributed by atoms with Gasteiger partial charge in [0.15, 0.2) is 5.16 Å². The highest BCUT2D eigenvalue weighted by molar-refractivity contribution is 7.99. The number of fused-ring (bicyclic) bond motifs is 1. The second-order valence-corrected chi connectivity index (χ2v) is 10.0. The molecular weight excluding hydrogens is 417 g/mol. The standard InChI is InChI=1S/C22H26FN5O2S/c1-12(2)19(29)26-8-13-10-28-20(30)15(7-24)17(27-21(28)31-11-13)14-6-16(23)18(25-9-14)22(3,4)5/h6,9,12-13H,8,10-11H2,1-5H3,(H,26,29). The molecule has 1 aliphatic rings. The SMILES string of the molecule is CC(C)C(=O)NCC1CSc2nc(-c3cnc(C(C)(C)C)c(F)c3)c(C#N)c(=O)n2C1. The van der Waals surface area contributed by atoms with E-state index in [2.05, 4.69) is 15.3 Å². The van der Waals surface area contributed by atoms with Gasteiger partial charge in [-0.05, 0) is 6.07 Å². The zero-order valence-corrected chi connectivity index (χ0v) is 19.1. The van der Waals surface area contributed by atoms with Gasteiger partial charge in [0.25, 0.3) is 5.56 Å². The predicted molar refractivity (Wildman–Crippen MR) is 117 cm³/mol. The van der Waals surface area contributed by atoms with Crippen molar-refractivity contribution in [2.75, 3.05) is 12.3 Å². The summed E-state index contributed by atoms with van der Waals surface area (Å²) in [7, 11) is 0. The summed E-state index contributed by atoms with van der Waals surface area (Å²) in [5, 5.41) is 13.0. The number of nitrogens with zero attached hydrogens (tertiary/aromatic N) is 4. The second kappa shape index (κ2) is 8.79. The zero-order valence-electron chi connectivity index (χ0n) is 18.3. The largest absolute Gasteiger partial charge is 0.356 e. The van der Waals surface area contributed by atoms with E-state index in [0.29, 0.717) is 35.3 Å². The molecule has 2 aromatic rings. The molecule has 0 aromatic carbocycles. The van der Waals surface area contributed by atoms with Gasteiger partial charge in [-0.3, -0.25) is 19.1 Å². The molecule has 0 saturated heterocycles. The van der Waals surface area contributed by atoms with Crippen molar-refractivity contribution in [2.45, 2.75) is 51.7 Å². The van der Waals surface area contributed by atoms with E-state index in [1.807, 2.05) is 40.7 Å². The van der Waals surface area contributed by atoms with Crippen LogP contribution in [0.1, 0.15) is 45.9 Å². The Kier molecular flexibility index (Phi) is 6.51. The van der Waals surface area contributed by atoms with Crippen LogP contribution < -0.4 is 10.9 Å². The van der Waals surface area contributed by atoms with E-state index >= 15 is 0 Å². The van der Waals surface area contributed by atoms with Crippen LogP contribution in [0.4, 0.5) is 4.39 Å². The number of amides is 1. The number of hydrogen-bond donors (Lipinski definition) is 1. The Morgan fingerprint density at radius 3 is 2.74 bits per heavy atom. The summed E-state index contributed by atoms with van der Waals surface area (Å²) in [6, 6.07) is 3.21. The lowest BCUT2D eigenvalue weighted by Crippen LogP contribution is -2.39. The fraction of sp³-hybridized carbons (Fsp3) is 0.500. The molecule has 0 radical (unpaired) electrons. The fourth-order valence-corrected chi connectivity index (χ4v) is 4.39. The van der Waals surface area contributed by atoms with Crippen molar-refractivity contribution >= 4 is 17.7 Å². The zero-order chi connectivity index (χ0) is 22.9. The van der Waals surface area contributed by atoms with E-state index in [0.717, 1.165) is 0 Å². The molecule has 0 bridgehead atoms. The number of thioether (sulfide) groups is 1. The summed E-state index contributed by atoms with van der Waals surface area (Å²) in [5.74, 6) is 0.0671. The van der Waals surface area contributed by atoms with E-state index in [1.165, 1.54) is 28.6 Å². The predicted octanol–water partition coefficient (Wildman–Crippen LogP) is 3.11. The van der Waals surface area contributed by atoms with Gasteiger partial charge in [0.05, 0.1) is 11.4 Å². The van der Waals surface area contributed by atoms with Crippen LogP contribution in [0.25, 0.3) is 11.3 Å². The first-order valence-electron chi connectivity index (χ1n) is 10.1. The van der Waals surface area contributed by atoms with Crippen LogP contribution in [-0.2, 0) is 16.8 Å². The lowest BCUT2D eigenvalue weighted by molar-refractivity contribution is -0.124. The third-order valence-corrected chi connectivity index (χ3v) is 6.26. The summed E-state index contributed by atoms with van der Waals surface area (Å²) < 4.78 is 16.1. The molecular formula is C22H26FN5O2S. The van der Waals surface area contributed by atoms with Crippen LogP contribution in [0.15, 0.2) is 22.2 Å². The summed E-state index contributed by atoms with van der Waals surface area (Å²) in [5.41, 5.74) is -0.320. The van der Waals surface area contributed by atoms with E-state index < -0.39 is 16.8 Å². The van der Waals surface area contributed by atoms with E-state index in [4.69, 9.17) is 0 Å². The number of nitriles is 1. The van der Waals surface area contributed by atoms with Crippen molar-refractivity contribution in [3.63, 3.8) is 0 Å². The third kappa shape index (κ3) is 4.79. The Balaban J connectivity index is 1.95. The average molecular weight is 444 g/mol. The molecule has 2 aromatic heterocycles. The first-order valence-corrected chi connectivity index (χ1v) is 11.1. The molecule has 0 saturated carbocycles. The maximum absolute atomic E-state index is 14.7. The lowest BCUT2D eigenvalue weighted by atomic mass is 9.90. The normalized spacial score (nSPS) is 16.0. The molecule has 0 fully saturated rings. The molecule has 31 heavy (non-hydrogen) atoms. The fourth-order valence-electron chi connectivity index (χ4n) is 3.31. The van der Waals surface area contributed by atoms with Crippen molar-refractivity contribution in [3.8, 4) is 17.3 Å². The molecule has 1 N–H and O–H groups in total. The highest BCUT2D eigenvalue weighted by Gasteiger charge is 2.27. The second-order valence-electron chi connectivity index (χ2n) is 9.03. The Bertz CT molecular complexity index is 1110. The maximum Gasteiger partial charge on any atom is 0.272 e. The summed E-state index contributed by atoms with van der Waals surface area (Å²) in [4.78, 5) is 33.6. The lowest BCUT2D eigenvalue weighted by Gasteiger charge is -2.26. The van der Waals surface area contributed by atoms with Crippen molar-refractivity contribution < 1.29 is 9.18 Å². The van der Waals surface area contributed by atoms with Gasteiger partial charge in [0, 0.05) is 47.9 Å². The minimum absolute atomic E-state index is 0.0393. The molecule has 3 heterocycles. The molecule has 0 spiro atoms. The quantitative estimate of drug-likeness (QED) is 0.729. The van der Waals surface area contributed by atoms with Gasteiger partial charge in [-0.15, -0.1) is 0 Å². The Morgan fingerprint density at radius 2 is 2.16 bits per heavy atom. The van der Waals surface area contributed by atoms with Crippen molar-refractivity contribution in [1.29, 1.82) is 5.26 Å². The minimum Gasteiger partial charge on any atom is -0.356 e. The molecule has 9 heteroatoms. The number of carbonyl (C=O) groups is 1. The van der Waals surface area contributed by atoms with Crippen LogP contribution in [0.5, 0.6) is 0 Å². The number of carbonyl (C=O) groups excluding carboxylic acids is 1. The van der Waals surface area contributed by atoms with Crippen molar-refractivity contribution in [2.24, 2.45) is 11.8 Å². The van der Waals surface area contributed by atoms with Gasteiger partial charge in [0.2, 0.25) is 5.91 Å². The van der Waals surface area contributed by atoms with Crippen molar-refractivity contribution in [3.05, 3.63) is 39.7 Å². The van der Waals surface area contributed by atoms with E-state index in [9.17, 15) is 19.2 Å². The molecule has 1 unspecified atom stereocenters. The van der Waals surface area contributed by atoms with Gasteiger partial charge in [-0.2, -0.15) is 5.26 Å². The van der Waals surface area contributed by atoms with Crippen LogP contribution >= 0.6 is 11.8 Å². The van der Waals surface area contributed by atoms with Crippen LogP contribution in [-0.4, -0.2) is 32.7 Å². The van der Waals surface area contributed by atoms with E-state index in [1.54, 1.807) is 0 Å². The highest BCUT2D eigenvalue weighted by atomic mass is 32.2. The molecule has 1 amide bonds.